The van der Waals surface area contributed by atoms with Crippen LogP contribution in [0.25, 0.3) is 22.2 Å². The van der Waals surface area contributed by atoms with Crippen LogP contribution in [0.3, 0.4) is 0 Å². The minimum atomic E-state index is -0.0948. The standard InChI is InChI=1S/C21H18N4O/c22-21-24-18-10-9-16(12-19(18)25-21)15-7-4-8-17(11-15)20(26)23-13-14-5-2-1-3-6-14/h1-12H,13H2,(H,23,26)(H3,22,24,25). The number of anilines is 1. The number of benzene rings is 3. The number of hydrogen-bond acceptors (Lipinski definition) is 3. The van der Waals surface area contributed by atoms with Gasteiger partial charge in [-0.3, -0.25) is 4.79 Å². The number of H-pyrrole nitrogens is 1. The number of nitrogens with zero attached hydrogens (tertiary/aromatic N) is 1. The van der Waals surface area contributed by atoms with E-state index in [0.29, 0.717) is 18.1 Å². The van der Waals surface area contributed by atoms with Gasteiger partial charge in [-0.15, -0.1) is 0 Å². The number of fused-ring (bicyclic) bond motifs is 1. The lowest BCUT2D eigenvalue weighted by atomic mass is 10.0. The predicted molar refractivity (Wildman–Crippen MR) is 104 cm³/mol. The Morgan fingerprint density at radius 3 is 2.62 bits per heavy atom. The molecule has 0 atom stereocenters. The van der Waals surface area contributed by atoms with E-state index in [2.05, 4.69) is 15.3 Å². The number of rotatable bonds is 4. The molecule has 0 aliphatic heterocycles. The number of nitrogens with two attached hydrogens (primary N) is 1. The van der Waals surface area contributed by atoms with E-state index in [1.54, 1.807) is 0 Å². The molecule has 0 unspecified atom stereocenters. The SMILES string of the molecule is Nc1nc2ccc(-c3cccc(C(=O)NCc4ccccc4)c3)cc2[nH]1. The lowest BCUT2D eigenvalue weighted by Gasteiger charge is -2.08. The van der Waals surface area contributed by atoms with Gasteiger partial charge in [-0.25, -0.2) is 4.98 Å². The second-order valence-electron chi connectivity index (χ2n) is 6.10. The van der Waals surface area contributed by atoms with Crippen molar-refractivity contribution in [3.05, 3.63) is 83.9 Å². The number of imidazole rings is 1. The van der Waals surface area contributed by atoms with Crippen molar-refractivity contribution in [3.8, 4) is 11.1 Å². The average Bonchev–Trinajstić information content (AvgIpc) is 3.06. The molecule has 0 fully saturated rings. The van der Waals surface area contributed by atoms with Crippen molar-refractivity contribution in [3.63, 3.8) is 0 Å². The summed E-state index contributed by atoms with van der Waals surface area (Å²) in [6, 6.07) is 23.3. The van der Waals surface area contributed by atoms with Crippen molar-refractivity contribution in [2.24, 2.45) is 0 Å². The Kier molecular flexibility index (Phi) is 4.11. The summed E-state index contributed by atoms with van der Waals surface area (Å²) in [7, 11) is 0. The fraction of sp³-hybridized carbons (Fsp3) is 0.0476. The Hall–Kier alpha value is -3.60. The molecule has 3 aromatic carbocycles. The molecular formula is C21H18N4O. The zero-order valence-corrected chi connectivity index (χ0v) is 14.1. The van der Waals surface area contributed by atoms with Crippen molar-refractivity contribution in [2.75, 3.05) is 5.73 Å². The van der Waals surface area contributed by atoms with Crippen LogP contribution in [-0.4, -0.2) is 15.9 Å². The number of hydrogen-bond donors (Lipinski definition) is 3. The van der Waals surface area contributed by atoms with E-state index < -0.39 is 0 Å². The highest BCUT2D eigenvalue weighted by Gasteiger charge is 2.08. The van der Waals surface area contributed by atoms with Crippen LogP contribution in [-0.2, 0) is 6.54 Å². The third-order valence-corrected chi connectivity index (χ3v) is 4.25. The number of nitrogens with one attached hydrogen (secondary N) is 2. The highest BCUT2D eigenvalue weighted by atomic mass is 16.1. The third kappa shape index (κ3) is 3.28. The fourth-order valence-electron chi connectivity index (χ4n) is 2.93. The average molecular weight is 342 g/mol. The summed E-state index contributed by atoms with van der Waals surface area (Å²) in [6.07, 6.45) is 0. The molecule has 1 aromatic heterocycles. The van der Waals surface area contributed by atoms with Gasteiger partial charge in [-0.05, 0) is 41.0 Å². The minimum Gasteiger partial charge on any atom is -0.369 e. The molecule has 0 saturated heterocycles. The molecule has 0 saturated carbocycles. The lowest BCUT2D eigenvalue weighted by Crippen LogP contribution is -2.22. The number of amides is 1. The number of carbonyl (C=O) groups excluding carboxylic acids is 1. The Bertz CT molecular complexity index is 1070. The molecule has 0 bridgehead atoms. The first-order valence-corrected chi connectivity index (χ1v) is 8.37. The van der Waals surface area contributed by atoms with E-state index in [-0.39, 0.29) is 5.91 Å². The molecule has 5 heteroatoms. The third-order valence-electron chi connectivity index (χ3n) is 4.25. The van der Waals surface area contributed by atoms with Crippen molar-refractivity contribution in [2.45, 2.75) is 6.54 Å². The molecule has 1 amide bonds. The van der Waals surface area contributed by atoms with Gasteiger partial charge in [0.15, 0.2) is 5.95 Å². The number of nitrogen functional groups attached to an aromatic ring is 1. The summed E-state index contributed by atoms with van der Waals surface area (Å²) in [5.74, 6) is 0.300. The maximum absolute atomic E-state index is 12.5. The Balaban J connectivity index is 1.56. The van der Waals surface area contributed by atoms with Crippen molar-refractivity contribution < 1.29 is 4.79 Å². The molecule has 0 aliphatic rings. The molecule has 128 valence electrons. The minimum absolute atomic E-state index is 0.0948. The number of aromatic nitrogens is 2. The second-order valence-corrected chi connectivity index (χ2v) is 6.10. The van der Waals surface area contributed by atoms with Gasteiger partial charge in [0.05, 0.1) is 11.0 Å². The zero-order valence-electron chi connectivity index (χ0n) is 14.1. The van der Waals surface area contributed by atoms with Crippen LogP contribution in [0.5, 0.6) is 0 Å². The van der Waals surface area contributed by atoms with E-state index in [9.17, 15) is 4.79 Å². The van der Waals surface area contributed by atoms with Crippen molar-refractivity contribution >= 4 is 22.9 Å². The first-order valence-electron chi connectivity index (χ1n) is 8.37. The lowest BCUT2D eigenvalue weighted by molar-refractivity contribution is 0.0951. The quantitative estimate of drug-likeness (QED) is 0.528. The van der Waals surface area contributed by atoms with Crippen LogP contribution in [0.4, 0.5) is 5.95 Å². The highest BCUT2D eigenvalue weighted by Crippen LogP contribution is 2.24. The molecule has 4 aromatic rings. The maximum atomic E-state index is 12.5. The molecule has 4 N–H and O–H groups in total. The number of carbonyl (C=O) groups is 1. The molecule has 1 heterocycles. The van der Waals surface area contributed by atoms with Gasteiger partial charge in [0.25, 0.3) is 5.91 Å². The summed E-state index contributed by atoms with van der Waals surface area (Å²) in [5.41, 5.74) is 11.1. The van der Waals surface area contributed by atoms with Gasteiger partial charge in [0.2, 0.25) is 0 Å². The van der Waals surface area contributed by atoms with Gasteiger partial charge in [-0.1, -0.05) is 48.5 Å². The first-order chi connectivity index (χ1) is 12.7. The molecule has 5 nitrogen and oxygen atoms in total. The Morgan fingerprint density at radius 1 is 0.962 bits per heavy atom. The van der Waals surface area contributed by atoms with E-state index >= 15 is 0 Å². The topological polar surface area (TPSA) is 83.8 Å². The first kappa shape index (κ1) is 15.9. The van der Waals surface area contributed by atoms with Gasteiger partial charge >= 0.3 is 0 Å². The highest BCUT2D eigenvalue weighted by molar-refractivity contribution is 5.95. The predicted octanol–water partition coefficient (Wildman–Crippen LogP) is 3.74. The summed E-state index contributed by atoms with van der Waals surface area (Å²) < 4.78 is 0. The molecule has 0 aliphatic carbocycles. The van der Waals surface area contributed by atoms with E-state index in [4.69, 9.17) is 5.73 Å². The van der Waals surface area contributed by atoms with E-state index in [0.717, 1.165) is 27.7 Å². The summed E-state index contributed by atoms with van der Waals surface area (Å²) in [4.78, 5) is 19.7. The Morgan fingerprint density at radius 2 is 1.77 bits per heavy atom. The normalized spacial score (nSPS) is 10.8. The van der Waals surface area contributed by atoms with Crippen LogP contribution in [0, 0.1) is 0 Å². The van der Waals surface area contributed by atoms with Crippen LogP contribution < -0.4 is 11.1 Å². The van der Waals surface area contributed by atoms with Crippen LogP contribution >= 0.6 is 0 Å². The fourth-order valence-corrected chi connectivity index (χ4v) is 2.93. The maximum Gasteiger partial charge on any atom is 0.251 e. The summed E-state index contributed by atoms with van der Waals surface area (Å²) in [5, 5.41) is 2.96. The van der Waals surface area contributed by atoms with E-state index in [1.807, 2.05) is 72.8 Å². The van der Waals surface area contributed by atoms with Crippen LogP contribution in [0.2, 0.25) is 0 Å². The van der Waals surface area contributed by atoms with Gasteiger partial charge in [0.1, 0.15) is 0 Å². The molecular weight excluding hydrogens is 324 g/mol. The monoisotopic (exact) mass is 342 g/mol. The van der Waals surface area contributed by atoms with E-state index in [1.165, 1.54) is 0 Å². The second kappa shape index (κ2) is 6.72. The van der Waals surface area contributed by atoms with Gasteiger partial charge in [-0.2, -0.15) is 0 Å². The molecule has 4 rings (SSSR count). The van der Waals surface area contributed by atoms with Gasteiger partial charge < -0.3 is 16.0 Å². The smallest absolute Gasteiger partial charge is 0.251 e. The summed E-state index contributed by atoms with van der Waals surface area (Å²) >= 11 is 0. The van der Waals surface area contributed by atoms with Crippen molar-refractivity contribution in [1.82, 2.24) is 15.3 Å². The molecule has 0 spiro atoms. The van der Waals surface area contributed by atoms with Crippen molar-refractivity contribution in [1.29, 1.82) is 0 Å². The molecule has 26 heavy (non-hydrogen) atoms. The largest absolute Gasteiger partial charge is 0.369 e. The molecule has 0 radical (unpaired) electrons. The van der Waals surface area contributed by atoms with Crippen LogP contribution in [0.15, 0.2) is 72.8 Å². The number of aromatic amines is 1. The van der Waals surface area contributed by atoms with Gasteiger partial charge in [0, 0.05) is 12.1 Å². The Labute approximate surface area is 150 Å². The zero-order chi connectivity index (χ0) is 17.9. The summed E-state index contributed by atoms with van der Waals surface area (Å²) in [6.45, 7) is 0.503. The van der Waals surface area contributed by atoms with Crippen LogP contribution in [0.1, 0.15) is 15.9 Å².